The van der Waals surface area contributed by atoms with Crippen LogP contribution >= 0.6 is 11.8 Å². The van der Waals surface area contributed by atoms with Crippen LogP contribution in [0.4, 0.5) is 0 Å². The van der Waals surface area contributed by atoms with Gasteiger partial charge in [-0.15, -0.1) is 11.8 Å². The fourth-order valence-corrected chi connectivity index (χ4v) is 3.68. The Morgan fingerprint density at radius 1 is 0.931 bits per heavy atom. The molecule has 0 aliphatic carbocycles. The first-order chi connectivity index (χ1) is 14.1. The van der Waals surface area contributed by atoms with Crippen molar-refractivity contribution in [2.75, 3.05) is 7.11 Å². The van der Waals surface area contributed by atoms with Crippen LogP contribution in [0, 0.1) is 0 Å². The number of methoxy groups -OCH3 is 1. The number of hydrogen-bond donors (Lipinski definition) is 1. The quantitative estimate of drug-likeness (QED) is 0.264. The first-order valence-corrected chi connectivity index (χ1v) is 10.0. The van der Waals surface area contributed by atoms with Gasteiger partial charge in [0, 0.05) is 16.2 Å². The van der Waals surface area contributed by atoms with Crippen molar-refractivity contribution in [3.8, 4) is 0 Å². The average Bonchev–Trinajstić information content (AvgIpc) is 2.78. The monoisotopic (exact) mass is 407 g/mol. The number of hydrogen-bond acceptors (Lipinski definition) is 5. The summed E-state index contributed by atoms with van der Waals surface area (Å²) in [6.45, 7) is 0.101. The molecule has 0 spiro atoms. The molecule has 0 saturated carbocycles. The maximum absolute atomic E-state index is 12.2. The van der Waals surface area contributed by atoms with Crippen molar-refractivity contribution >= 4 is 23.6 Å². The lowest BCUT2D eigenvalue weighted by atomic mass is 10.1. The molecule has 148 valence electrons. The first-order valence-electron chi connectivity index (χ1n) is 9.02. The lowest BCUT2D eigenvalue weighted by Crippen LogP contribution is -2.26. The van der Waals surface area contributed by atoms with Crippen LogP contribution in [0.15, 0.2) is 83.8 Å². The zero-order valence-corrected chi connectivity index (χ0v) is 16.8. The van der Waals surface area contributed by atoms with Gasteiger partial charge in [-0.05, 0) is 41.5 Å². The highest BCUT2D eigenvalue weighted by Crippen LogP contribution is 2.25. The highest BCUT2D eigenvalue weighted by molar-refractivity contribution is 7.98. The van der Waals surface area contributed by atoms with Gasteiger partial charge >= 0.3 is 5.97 Å². The van der Waals surface area contributed by atoms with Crippen LogP contribution < -0.4 is 0 Å². The molecule has 0 fully saturated rings. The number of ether oxygens (including phenoxy) is 1. The Labute approximate surface area is 173 Å². The molecular weight excluding hydrogens is 386 g/mol. The number of esters is 1. The predicted octanol–water partition coefficient (Wildman–Crippen LogP) is 4.80. The van der Waals surface area contributed by atoms with Gasteiger partial charge in [0.2, 0.25) is 0 Å². The van der Waals surface area contributed by atoms with Crippen LogP contribution in [0.1, 0.15) is 31.8 Å². The molecule has 3 aromatic rings. The Balaban J connectivity index is 1.60. The molecular formula is C23H21NO4S. The number of hydroxylamine groups is 2. The maximum Gasteiger partial charge on any atom is 0.338 e. The number of carbonyl (C=O) groups is 2. The van der Waals surface area contributed by atoms with E-state index in [1.54, 1.807) is 42.1 Å². The van der Waals surface area contributed by atoms with Crippen LogP contribution in [0.5, 0.6) is 0 Å². The fourth-order valence-electron chi connectivity index (χ4n) is 2.78. The Kier molecular flexibility index (Phi) is 7.05. The normalized spacial score (nSPS) is 10.4. The van der Waals surface area contributed by atoms with Crippen molar-refractivity contribution in [3.63, 3.8) is 0 Å². The molecule has 0 heterocycles. The fraction of sp³-hybridized carbons (Fsp3) is 0.130. The zero-order valence-electron chi connectivity index (χ0n) is 15.9. The summed E-state index contributed by atoms with van der Waals surface area (Å²) in [5, 5.41) is 10.8. The molecule has 0 bridgehead atoms. The second kappa shape index (κ2) is 9.91. The Bertz CT molecular complexity index is 974. The molecule has 1 amide bonds. The topological polar surface area (TPSA) is 66.8 Å². The maximum atomic E-state index is 12.2. The molecule has 0 aromatic heterocycles. The minimum Gasteiger partial charge on any atom is -0.465 e. The van der Waals surface area contributed by atoms with Gasteiger partial charge < -0.3 is 4.74 Å². The molecule has 5 nitrogen and oxygen atoms in total. The van der Waals surface area contributed by atoms with Gasteiger partial charge in [-0.3, -0.25) is 10.0 Å². The summed E-state index contributed by atoms with van der Waals surface area (Å²) in [5.41, 5.74) is 2.72. The summed E-state index contributed by atoms with van der Waals surface area (Å²) in [5.74, 6) is -0.158. The van der Waals surface area contributed by atoms with E-state index in [1.165, 1.54) is 7.11 Å². The van der Waals surface area contributed by atoms with Gasteiger partial charge in [0.15, 0.2) is 0 Å². The van der Waals surface area contributed by atoms with E-state index in [0.29, 0.717) is 21.9 Å². The van der Waals surface area contributed by atoms with Crippen molar-refractivity contribution < 1.29 is 19.5 Å². The molecule has 6 heteroatoms. The molecule has 0 aliphatic heterocycles. The predicted molar refractivity (Wildman–Crippen MR) is 112 cm³/mol. The molecule has 0 unspecified atom stereocenters. The van der Waals surface area contributed by atoms with Crippen LogP contribution in [-0.2, 0) is 17.0 Å². The van der Waals surface area contributed by atoms with E-state index in [1.807, 2.05) is 48.5 Å². The first kappa shape index (κ1) is 20.6. The molecule has 0 radical (unpaired) electrons. The molecule has 29 heavy (non-hydrogen) atoms. The van der Waals surface area contributed by atoms with E-state index in [9.17, 15) is 14.8 Å². The molecule has 1 N–H and O–H groups in total. The van der Waals surface area contributed by atoms with E-state index in [4.69, 9.17) is 4.74 Å². The summed E-state index contributed by atoms with van der Waals surface area (Å²) < 4.78 is 4.83. The standard InChI is InChI=1S/C23H21NO4S/c1-28-23(26)21-10-6-5-9-19(21)16-29-20-13-11-17(12-14-20)15-24(27)22(25)18-7-3-2-4-8-18/h2-14,27H,15-16H2,1H3. The second-order valence-corrected chi connectivity index (χ2v) is 7.36. The van der Waals surface area contributed by atoms with Gasteiger partial charge in [0.1, 0.15) is 0 Å². The van der Waals surface area contributed by atoms with Gasteiger partial charge in [-0.2, -0.15) is 0 Å². The van der Waals surface area contributed by atoms with Crippen molar-refractivity contribution in [3.05, 3.63) is 101 Å². The number of benzene rings is 3. The molecule has 0 saturated heterocycles. The average molecular weight is 407 g/mol. The van der Waals surface area contributed by atoms with Crippen molar-refractivity contribution in [2.45, 2.75) is 17.2 Å². The molecule has 3 aromatic carbocycles. The third-order valence-electron chi connectivity index (χ3n) is 4.33. The number of rotatable bonds is 7. The Hall–Kier alpha value is -3.09. The lowest BCUT2D eigenvalue weighted by Gasteiger charge is -2.15. The Morgan fingerprint density at radius 2 is 1.59 bits per heavy atom. The zero-order chi connectivity index (χ0) is 20.6. The highest BCUT2D eigenvalue weighted by Gasteiger charge is 2.14. The summed E-state index contributed by atoms with van der Waals surface area (Å²) in [4.78, 5) is 25.1. The third kappa shape index (κ3) is 5.47. The molecule has 0 aliphatic rings. The largest absolute Gasteiger partial charge is 0.465 e. The van der Waals surface area contributed by atoms with Crippen molar-refractivity contribution in [2.24, 2.45) is 0 Å². The third-order valence-corrected chi connectivity index (χ3v) is 5.39. The second-order valence-electron chi connectivity index (χ2n) is 6.31. The van der Waals surface area contributed by atoms with Crippen LogP contribution in [0.3, 0.4) is 0 Å². The highest BCUT2D eigenvalue weighted by atomic mass is 32.2. The van der Waals surface area contributed by atoms with Crippen LogP contribution in [0.25, 0.3) is 0 Å². The van der Waals surface area contributed by atoms with E-state index in [-0.39, 0.29) is 12.5 Å². The number of nitrogens with zero attached hydrogens (tertiary/aromatic N) is 1. The summed E-state index contributed by atoms with van der Waals surface area (Å²) in [6, 6.07) is 23.6. The Morgan fingerprint density at radius 3 is 2.28 bits per heavy atom. The SMILES string of the molecule is COC(=O)c1ccccc1CSc1ccc(CN(O)C(=O)c2ccccc2)cc1. The van der Waals surface area contributed by atoms with E-state index >= 15 is 0 Å². The lowest BCUT2D eigenvalue weighted by molar-refractivity contribution is -0.0648. The van der Waals surface area contributed by atoms with E-state index in [2.05, 4.69) is 0 Å². The number of amides is 1. The molecule has 0 atom stereocenters. The smallest absolute Gasteiger partial charge is 0.338 e. The van der Waals surface area contributed by atoms with Gasteiger partial charge in [-0.25, -0.2) is 9.86 Å². The van der Waals surface area contributed by atoms with E-state index in [0.717, 1.165) is 16.0 Å². The number of carbonyl (C=O) groups excluding carboxylic acids is 2. The van der Waals surface area contributed by atoms with Crippen molar-refractivity contribution in [1.82, 2.24) is 5.06 Å². The minimum absolute atomic E-state index is 0.101. The van der Waals surface area contributed by atoms with Crippen molar-refractivity contribution in [1.29, 1.82) is 0 Å². The summed E-state index contributed by atoms with van der Waals surface area (Å²) >= 11 is 1.60. The van der Waals surface area contributed by atoms with E-state index < -0.39 is 5.91 Å². The minimum atomic E-state index is -0.441. The molecule has 3 rings (SSSR count). The van der Waals surface area contributed by atoms with Crippen LogP contribution in [0.2, 0.25) is 0 Å². The summed E-state index contributed by atoms with van der Waals surface area (Å²) in [6.07, 6.45) is 0. The van der Waals surface area contributed by atoms with Gasteiger partial charge in [0.05, 0.1) is 19.2 Å². The summed E-state index contributed by atoms with van der Waals surface area (Å²) in [7, 11) is 1.37. The van der Waals surface area contributed by atoms with Crippen LogP contribution in [-0.4, -0.2) is 29.3 Å². The van der Waals surface area contributed by atoms with Gasteiger partial charge in [-0.1, -0.05) is 48.5 Å². The van der Waals surface area contributed by atoms with Gasteiger partial charge in [0.25, 0.3) is 5.91 Å². The number of thioether (sulfide) groups is 1.